The molecule has 0 amide bonds. The third-order valence-corrected chi connectivity index (χ3v) is 5.30. The van der Waals surface area contributed by atoms with Crippen molar-refractivity contribution >= 4 is 15.7 Å². The maximum atomic E-state index is 12.4. The SMILES string of the molecule is Cc1ccc(S(=O)(=O)NC2CCCCCC2O)c(N)c1. The first-order valence-electron chi connectivity index (χ1n) is 6.96. The summed E-state index contributed by atoms with van der Waals surface area (Å²) in [5.74, 6) is 0. The molecule has 1 aromatic rings. The van der Waals surface area contributed by atoms with Crippen LogP contribution in [0.3, 0.4) is 0 Å². The van der Waals surface area contributed by atoms with E-state index in [9.17, 15) is 13.5 Å². The molecule has 0 radical (unpaired) electrons. The van der Waals surface area contributed by atoms with Gasteiger partial charge in [0, 0.05) is 6.04 Å². The van der Waals surface area contributed by atoms with Gasteiger partial charge >= 0.3 is 0 Å². The third-order valence-electron chi connectivity index (χ3n) is 3.74. The smallest absolute Gasteiger partial charge is 0.242 e. The van der Waals surface area contributed by atoms with E-state index in [0.717, 1.165) is 24.8 Å². The first-order valence-corrected chi connectivity index (χ1v) is 8.45. The van der Waals surface area contributed by atoms with Crippen molar-refractivity contribution in [1.29, 1.82) is 0 Å². The van der Waals surface area contributed by atoms with Crippen LogP contribution in [-0.4, -0.2) is 25.7 Å². The second kappa shape index (κ2) is 6.11. The number of aliphatic hydroxyl groups excluding tert-OH is 1. The highest BCUT2D eigenvalue weighted by atomic mass is 32.2. The van der Waals surface area contributed by atoms with Gasteiger partial charge in [0.05, 0.1) is 11.8 Å². The van der Waals surface area contributed by atoms with Crippen LogP contribution >= 0.6 is 0 Å². The number of aliphatic hydroxyl groups is 1. The molecule has 0 bridgehead atoms. The molecule has 2 rings (SSSR count). The summed E-state index contributed by atoms with van der Waals surface area (Å²) < 4.78 is 27.4. The third kappa shape index (κ3) is 3.50. The number of benzene rings is 1. The van der Waals surface area contributed by atoms with E-state index in [0.29, 0.717) is 12.8 Å². The first-order chi connectivity index (χ1) is 9.40. The lowest BCUT2D eigenvalue weighted by Gasteiger charge is -2.22. The molecule has 20 heavy (non-hydrogen) atoms. The van der Waals surface area contributed by atoms with Gasteiger partial charge in [-0.25, -0.2) is 13.1 Å². The van der Waals surface area contributed by atoms with E-state index in [2.05, 4.69) is 4.72 Å². The number of hydrogen-bond donors (Lipinski definition) is 3. The summed E-state index contributed by atoms with van der Waals surface area (Å²) in [5.41, 5.74) is 6.95. The fourth-order valence-corrected chi connectivity index (χ4v) is 4.02. The van der Waals surface area contributed by atoms with Gasteiger partial charge in [-0.3, -0.25) is 0 Å². The van der Waals surface area contributed by atoms with Crippen molar-refractivity contribution in [2.75, 3.05) is 5.73 Å². The molecule has 4 N–H and O–H groups in total. The molecule has 6 heteroatoms. The summed E-state index contributed by atoms with van der Waals surface area (Å²) in [5, 5.41) is 10.0. The highest BCUT2D eigenvalue weighted by molar-refractivity contribution is 7.89. The number of rotatable bonds is 3. The molecular formula is C14H22N2O3S. The van der Waals surface area contributed by atoms with Crippen molar-refractivity contribution in [2.24, 2.45) is 0 Å². The Bertz CT molecular complexity index is 572. The molecule has 2 unspecified atom stereocenters. The van der Waals surface area contributed by atoms with Gasteiger partial charge in [0.25, 0.3) is 0 Å². The minimum atomic E-state index is -3.69. The van der Waals surface area contributed by atoms with Crippen molar-refractivity contribution in [3.8, 4) is 0 Å². The molecule has 1 saturated carbocycles. The maximum Gasteiger partial charge on any atom is 0.242 e. The fraction of sp³-hybridized carbons (Fsp3) is 0.571. The standard InChI is InChI=1S/C14H22N2O3S/c1-10-7-8-14(11(15)9-10)20(18,19)16-12-5-3-2-4-6-13(12)17/h7-9,12-13,16-17H,2-6,15H2,1H3. The Morgan fingerprint density at radius 1 is 1.25 bits per heavy atom. The van der Waals surface area contributed by atoms with E-state index in [1.165, 1.54) is 6.07 Å². The van der Waals surface area contributed by atoms with Crippen LogP contribution in [0.15, 0.2) is 23.1 Å². The molecule has 1 aliphatic rings. The van der Waals surface area contributed by atoms with Crippen LogP contribution in [0.1, 0.15) is 37.7 Å². The predicted octanol–water partition coefficient (Wildman–Crippen LogP) is 1.55. The van der Waals surface area contributed by atoms with Gasteiger partial charge in [-0.15, -0.1) is 0 Å². The molecule has 1 aromatic carbocycles. The van der Waals surface area contributed by atoms with Gasteiger partial charge in [-0.05, 0) is 37.5 Å². The Balaban J connectivity index is 2.21. The molecule has 0 heterocycles. The Kier molecular flexibility index (Phi) is 4.67. The minimum Gasteiger partial charge on any atom is -0.398 e. The van der Waals surface area contributed by atoms with Crippen LogP contribution in [0.5, 0.6) is 0 Å². The van der Waals surface area contributed by atoms with Crippen LogP contribution in [0.4, 0.5) is 5.69 Å². The van der Waals surface area contributed by atoms with Crippen molar-refractivity contribution < 1.29 is 13.5 Å². The summed E-state index contributed by atoms with van der Waals surface area (Å²) >= 11 is 0. The zero-order valence-corrected chi connectivity index (χ0v) is 12.5. The van der Waals surface area contributed by atoms with Gasteiger partial charge in [0.2, 0.25) is 10.0 Å². The Labute approximate surface area is 120 Å². The van der Waals surface area contributed by atoms with E-state index >= 15 is 0 Å². The van der Waals surface area contributed by atoms with E-state index < -0.39 is 22.2 Å². The number of aryl methyl sites for hydroxylation is 1. The van der Waals surface area contributed by atoms with Crippen molar-refractivity contribution in [3.05, 3.63) is 23.8 Å². The molecular weight excluding hydrogens is 276 g/mol. The van der Waals surface area contributed by atoms with Crippen LogP contribution in [-0.2, 0) is 10.0 Å². The summed E-state index contributed by atoms with van der Waals surface area (Å²) in [6, 6.07) is 4.44. The molecule has 112 valence electrons. The lowest BCUT2D eigenvalue weighted by atomic mass is 10.1. The highest BCUT2D eigenvalue weighted by Gasteiger charge is 2.28. The number of nitrogens with two attached hydrogens (primary N) is 1. The minimum absolute atomic E-state index is 0.0829. The predicted molar refractivity (Wildman–Crippen MR) is 78.8 cm³/mol. The zero-order chi connectivity index (χ0) is 14.8. The van der Waals surface area contributed by atoms with E-state index in [4.69, 9.17) is 5.73 Å². The van der Waals surface area contributed by atoms with Crippen molar-refractivity contribution in [2.45, 2.75) is 56.1 Å². The molecule has 1 aliphatic carbocycles. The lowest BCUT2D eigenvalue weighted by molar-refractivity contribution is 0.130. The molecule has 0 aliphatic heterocycles. The lowest BCUT2D eigenvalue weighted by Crippen LogP contribution is -2.42. The summed E-state index contributed by atoms with van der Waals surface area (Å²) in [6.07, 6.45) is 3.56. The van der Waals surface area contributed by atoms with E-state index in [1.54, 1.807) is 12.1 Å². The van der Waals surface area contributed by atoms with E-state index in [-0.39, 0.29) is 10.6 Å². The average molecular weight is 298 g/mol. The Hall–Kier alpha value is -1.11. The Morgan fingerprint density at radius 2 is 1.95 bits per heavy atom. The molecule has 0 spiro atoms. The summed E-state index contributed by atoms with van der Waals surface area (Å²) in [6.45, 7) is 1.86. The molecule has 0 saturated heterocycles. The van der Waals surface area contributed by atoms with Crippen molar-refractivity contribution in [1.82, 2.24) is 4.72 Å². The van der Waals surface area contributed by atoms with Gasteiger partial charge in [0.15, 0.2) is 0 Å². The Morgan fingerprint density at radius 3 is 2.65 bits per heavy atom. The second-order valence-electron chi connectivity index (χ2n) is 5.47. The second-order valence-corrected chi connectivity index (χ2v) is 7.16. The largest absolute Gasteiger partial charge is 0.398 e. The molecule has 5 nitrogen and oxygen atoms in total. The van der Waals surface area contributed by atoms with Crippen LogP contribution in [0.25, 0.3) is 0 Å². The zero-order valence-electron chi connectivity index (χ0n) is 11.7. The molecule has 1 fully saturated rings. The number of hydrogen-bond acceptors (Lipinski definition) is 4. The average Bonchev–Trinajstić information content (AvgIpc) is 2.54. The van der Waals surface area contributed by atoms with Crippen molar-refractivity contribution in [3.63, 3.8) is 0 Å². The highest BCUT2D eigenvalue weighted by Crippen LogP contribution is 2.23. The van der Waals surface area contributed by atoms with Crippen LogP contribution in [0.2, 0.25) is 0 Å². The summed E-state index contributed by atoms with van der Waals surface area (Å²) in [7, 11) is -3.69. The molecule has 0 aromatic heterocycles. The molecule has 2 atom stereocenters. The maximum absolute atomic E-state index is 12.4. The number of sulfonamides is 1. The van der Waals surface area contributed by atoms with Gasteiger partial charge < -0.3 is 10.8 Å². The van der Waals surface area contributed by atoms with Gasteiger partial charge in [0.1, 0.15) is 4.90 Å². The number of nitrogens with one attached hydrogen (secondary N) is 1. The topological polar surface area (TPSA) is 92.4 Å². The van der Waals surface area contributed by atoms with E-state index in [1.807, 2.05) is 6.92 Å². The normalized spacial score (nSPS) is 24.3. The summed E-state index contributed by atoms with van der Waals surface area (Å²) in [4.78, 5) is 0.0829. The van der Waals surface area contributed by atoms with Gasteiger partial charge in [-0.1, -0.05) is 25.3 Å². The fourth-order valence-electron chi connectivity index (χ4n) is 2.60. The first kappa shape index (κ1) is 15.3. The quantitative estimate of drug-likeness (QED) is 0.583. The monoisotopic (exact) mass is 298 g/mol. The van der Waals surface area contributed by atoms with Crippen LogP contribution in [0, 0.1) is 6.92 Å². The van der Waals surface area contributed by atoms with Gasteiger partial charge in [-0.2, -0.15) is 0 Å². The van der Waals surface area contributed by atoms with Crippen LogP contribution < -0.4 is 10.5 Å². The number of nitrogen functional groups attached to an aromatic ring is 1. The number of anilines is 1.